The minimum absolute atomic E-state index is 0.608. The quantitative estimate of drug-likeness (QED) is 0.204. The van der Waals surface area contributed by atoms with E-state index in [4.69, 9.17) is 4.74 Å². The van der Waals surface area contributed by atoms with Gasteiger partial charge in [0.2, 0.25) is 0 Å². The van der Waals surface area contributed by atoms with Crippen molar-refractivity contribution in [2.75, 3.05) is 41.3 Å². The number of allylic oxidation sites excluding steroid dienone is 4. The van der Waals surface area contributed by atoms with E-state index >= 15 is 0 Å². The molecule has 0 amide bonds. The van der Waals surface area contributed by atoms with Crippen LogP contribution < -0.4 is 5.43 Å². The van der Waals surface area contributed by atoms with Crippen molar-refractivity contribution in [1.29, 1.82) is 0 Å². The molecular weight excluding hydrogens is 334 g/mol. The molecule has 0 aliphatic heterocycles. The molecule has 1 unspecified atom stereocenters. The van der Waals surface area contributed by atoms with Gasteiger partial charge in [-0.25, -0.2) is 5.01 Å². The number of hydrogen-bond acceptors (Lipinski definition) is 4. The maximum Gasteiger partial charge on any atom is 0.0824 e. The van der Waals surface area contributed by atoms with Gasteiger partial charge < -0.3 is 9.64 Å². The van der Waals surface area contributed by atoms with Gasteiger partial charge in [-0.15, -0.1) is 0 Å². The third-order valence-electron chi connectivity index (χ3n) is 3.98. The molecule has 0 saturated carbocycles. The minimum Gasteiger partial charge on any atom is -0.504 e. The van der Waals surface area contributed by atoms with E-state index in [9.17, 15) is 0 Å². The van der Waals surface area contributed by atoms with Crippen LogP contribution >= 0.6 is 0 Å². The first-order valence-corrected chi connectivity index (χ1v) is 10.5. The van der Waals surface area contributed by atoms with Gasteiger partial charge in [0.05, 0.1) is 13.4 Å². The number of ether oxygens (including phenoxy) is 1. The highest BCUT2D eigenvalue weighted by atomic mass is 16.5. The van der Waals surface area contributed by atoms with Crippen LogP contribution in [-0.2, 0) is 4.74 Å². The molecule has 0 aromatic carbocycles. The molecule has 4 heteroatoms. The second kappa shape index (κ2) is 24.9. The van der Waals surface area contributed by atoms with Gasteiger partial charge >= 0.3 is 0 Å². The summed E-state index contributed by atoms with van der Waals surface area (Å²) in [5, 5.41) is 2.21. The van der Waals surface area contributed by atoms with Crippen molar-refractivity contribution in [1.82, 2.24) is 15.3 Å². The maximum atomic E-state index is 4.72. The molecule has 1 atom stereocenters. The van der Waals surface area contributed by atoms with Crippen molar-refractivity contribution in [3.8, 4) is 0 Å². The Balaban J connectivity index is -0.000000347. The molecule has 4 nitrogen and oxygen atoms in total. The second-order valence-electron chi connectivity index (χ2n) is 6.83. The lowest BCUT2D eigenvalue weighted by Gasteiger charge is -2.22. The number of hydrogen-bond donors (Lipinski definition) is 1. The molecule has 0 fully saturated rings. The Kier molecular flexibility index (Phi) is 28.2. The van der Waals surface area contributed by atoms with Crippen LogP contribution in [0.3, 0.4) is 0 Å². The van der Waals surface area contributed by atoms with E-state index in [0.29, 0.717) is 6.04 Å². The molecule has 0 spiro atoms. The van der Waals surface area contributed by atoms with E-state index in [1.54, 1.807) is 13.4 Å². The molecule has 0 rings (SSSR count). The van der Waals surface area contributed by atoms with Gasteiger partial charge in [0.15, 0.2) is 0 Å². The lowest BCUT2D eigenvalue weighted by atomic mass is 10.2. The molecule has 0 aliphatic carbocycles. The smallest absolute Gasteiger partial charge is 0.0824 e. The van der Waals surface area contributed by atoms with Crippen molar-refractivity contribution in [3.05, 3.63) is 36.6 Å². The van der Waals surface area contributed by atoms with E-state index in [1.165, 1.54) is 31.3 Å². The van der Waals surface area contributed by atoms with Crippen LogP contribution in [0.4, 0.5) is 0 Å². The Hall–Kier alpha value is -1.10. The molecule has 0 saturated heterocycles. The van der Waals surface area contributed by atoms with Gasteiger partial charge in [0.25, 0.3) is 0 Å². The topological polar surface area (TPSA) is 27.7 Å². The summed E-state index contributed by atoms with van der Waals surface area (Å²) < 4.78 is 4.72. The highest BCUT2D eigenvalue weighted by Crippen LogP contribution is 2.00. The Morgan fingerprint density at radius 1 is 1.11 bits per heavy atom. The molecule has 1 N–H and O–H groups in total. The normalized spacial score (nSPS) is 12.3. The summed E-state index contributed by atoms with van der Waals surface area (Å²) in [6.07, 6.45) is 13.5. The third-order valence-corrected chi connectivity index (χ3v) is 3.98. The fraction of sp³-hybridized carbons (Fsp3) is 0.739. The third kappa shape index (κ3) is 29.9. The summed E-state index contributed by atoms with van der Waals surface area (Å²) in [7, 11) is 7.87. The molecule has 0 aliphatic rings. The number of methoxy groups -OCH3 is 1. The maximum absolute atomic E-state index is 4.72. The van der Waals surface area contributed by atoms with Crippen molar-refractivity contribution in [2.45, 2.75) is 72.8 Å². The Bertz CT molecular complexity index is 352. The fourth-order valence-electron chi connectivity index (χ4n) is 1.70. The van der Waals surface area contributed by atoms with Crippen molar-refractivity contribution < 1.29 is 4.74 Å². The van der Waals surface area contributed by atoms with E-state index in [-0.39, 0.29) is 0 Å². The van der Waals surface area contributed by atoms with Crippen molar-refractivity contribution >= 4 is 0 Å². The number of rotatable bonds is 12. The molecule has 0 radical (unpaired) electrons. The standard InChI is InChI=1S/C10H24N2.C9H14O.C4H11N/c1-5-7-8-9-12(4)11-10(3)6-2;1-4-9(5-2)7-6-8-10-3;1-4-5(2)3/h10-11H,5-9H2,1-4H3;4,6-8H,1,5H2,2-3H3;4H2,1-3H3/b;8-6-,9-7+;. The summed E-state index contributed by atoms with van der Waals surface area (Å²) in [4.78, 5) is 2.12. The van der Waals surface area contributed by atoms with Gasteiger partial charge in [0, 0.05) is 19.6 Å². The Morgan fingerprint density at radius 3 is 2.07 bits per heavy atom. The van der Waals surface area contributed by atoms with Crippen LogP contribution in [-0.4, -0.2) is 57.3 Å². The lowest BCUT2D eigenvalue weighted by Crippen LogP contribution is -2.40. The van der Waals surface area contributed by atoms with E-state index in [2.05, 4.69) is 77.7 Å². The molecule has 0 heterocycles. The highest BCUT2D eigenvalue weighted by Gasteiger charge is 2.01. The van der Waals surface area contributed by atoms with Gasteiger partial charge in [0.1, 0.15) is 0 Å². The second-order valence-corrected chi connectivity index (χ2v) is 6.83. The van der Waals surface area contributed by atoms with Gasteiger partial charge in [-0.3, -0.25) is 5.43 Å². The predicted octanol–water partition coefficient (Wildman–Crippen LogP) is 5.65. The zero-order valence-corrected chi connectivity index (χ0v) is 19.8. The summed E-state index contributed by atoms with van der Waals surface area (Å²) in [5.74, 6) is 0. The van der Waals surface area contributed by atoms with Crippen LogP contribution in [0.15, 0.2) is 36.6 Å². The molecule has 162 valence electrons. The van der Waals surface area contributed by atoms with Crippen LogP contribution in [0.2, 0.25) is 0 Å². The fourth-order valence-corrected chi connectivity index (χ4v) is 1.70. The monoisotopic (exact) mass is 383 g/mol. The Morgan fingerprint density at radius 2 is 1.70 bits per heavy atom. The van der Waals surface area contributed by atoms with Gasteiger partial charge in [-0.05, 0) is 58.5 Å². The number of unbranched alkanes of at least 4 members (excludes halogenated alkanes) is 2. The van der Waals surface area contributed by atoms with E-state index in [0.717, 1.165) is 19.5 Å². The first-order valence-electron chi connectivity index (χ1n) is 10.5. The first-order chi connectivity index (χ1) is 12.8. The van der Waals surface area contributed by atoms with Crippen LogP contribution in [0.5, 0.6) is 0 Å². The summed E-state index contributed by atoms with van der Waals surface area (Å²) in [6, 6.07) is 0.608. The summed E-state index contributed by atoms with van der Waals surface area (Å²) in [6.45, 7) is 16.9. The van der Waals surface area contributed by atoms with Crippen LogP contribution in [0.1, 0.15) is 66.7 Å². The number of nitrogens with one attached hydrogen (secondary N) is 1. The van der Waals surface area contributed by atoms with E-state index < -0.39 is 0 Å². The number of nitrogens with zero attached hydrogens (tertiary/aromatic N) is 2. The number of hydrazine groups is 1. The molecular formula is C23H49N3O. The highest BCUT2D eigenvalue weighted by molar-refractivity contribution is 5.20. The molecule has 0 aromatic heterocycles. The average Bonchev–Trinajstić information content (AvgIpc) is 2.66. The SMILES string of the molecule is C=C/C(=C\C=C/OC)CC.CCCCCN(C)NC(C)CC.CCN(C)C. The predicted molar refractivity (Wildman–Crippen MR) is 124 cm³/mol. The lowest BCUT2D eigenvalue weighted by molar-refractivity contribution is 0.197. The zero-order valence-electron chi connectivity index (χ0n) is 19.8. The average molecular weight is 384 g/mol. The molecule has 0 bridgehead atoms. The van der Waals surface area contributed by atoms with E-state index in [1.807, 2.05) is 18.2 Å². The minimum atomic E-state index is 0.608. The molecule has 0 aromatic rings. The summed E-state index contributed by atoms with van der Waals surface area (Å²) >= 11 is 0. The van der Waals surface area contributed by atoms with Crippen LogP contribution in [0.25, 0.3) is 0 Å². The Labute approximate surface area is 171 Å². The largest absolute Gasteiger partial charge is 0.504 e. The van der Waals surface area contributed by atoms with Crippen molar-refractivity contribution in [2.24, 2.45) is 0 Å². The first kappa shape index (κ1) is 30.6. The van der Waals surface area contributed by atoms with Crippen LogP contribution in [0, 0.1) is 0 Å². The summed E-state index contributed by atoms with van der Waals surface area (Å²) in [5.41, 5.74) is 4.64. The van der Waals surface area contributed by atoms with Gasteiger partial charge in [-0.2, -0.15) is 0 Å². The van der Waals surface area contributed by atoms with Crippen molar-refractivity contribution in [3.63, 3.8) is 0 Å². The zero-order chi connectivity index (χ0) is 21.5. The molecule has 27 heavy (non-hydrogen) atoms. The van der Waals surface area contributed by atoms with Gasteiger partial charge in [-0.1, -0.05) is 59.3 Å².